The van der Waals surface area contributed by atoms with Gasteiger partial charge in [-0.1, -0.05) is 29.3 Å². The standard InChI is InChI=1S/C30H26ClFN4O2/c1-17-13-19(16-38-21-10-8-20(32)9-11-21)18(2)22(14-17)27-23(15-33)30(34)36(25-6-4-12-35-29(25)31)24-5-3-7-26(37)28(24)27/h4,6,8-14,27H,3,5,7,16,34H2,1-2H3. The molecule has 8 heteroatoms. The van der Waals surface area contributed by atoms with Crippen LogP contribution in [0.1, 0.15) is 47.4 Å². The zero-order valence-electron chi connectivity index (χ0n) is 21.1. The van der Waals surface area contributed by atoms with Crippen molar-refractivity contribution in [3.05, 3.63) is 111 Å². The minimum Gasteiger partial charge on any atom is -0.489 e. The Bertz CT molecular complexity index is 1540. The van der Waals surface area contributed by atoms with Gasteiger partial charge in [-0.3, -0.25) is 9.69 Å². The molecule has 1 atom stereocenters. The number of pyridine rings is 1. The molecule has 0 saturated carbocycles. The average Bonchev–Trinajstić information content (AvgIpc) is 2.90. The number of hydrogen-bond acceptors (Lipinski definition) is 6. The van der Waals surface area contributed by atoms with E-state index in [1.165, 1.54) is 12.1 Å². The van der Waals surface area contributed by atoms with Gasteiger partial charge in [-0.15, -0.1) is 0 Å². The van der Waals surface area contributed by atoms with Gasteiger partial charge < -0.3 is 10.5 Å². The lowest BCUT2D eigenvalue weighted by atomic mass is 9.73. The average molecular weight is 529 g/mol. The second kappa shape index (κ2) is 10.3. The summed E-state index contributed by atoms with van der Waals surface area (Å²) in [5.74, 6) is -0.166. The first-order valence-electron chi connectivity index (χ1n) is 12.3. The maximum Gasteiger partial charge on any atom is 0.161 e. The number of nitriles is 1. The van der Waals surface area contributed by atoms with Crippen molar-refractivity contribution in [1.82, 2.24) is 4.98 Å². The molecule has 1 unspecified atom stereocenters. The Kier molecular flexibility index (Phi) is 6.92. The minimum atomic E-state index is -0.612. The quantitative estimate of drug-likeness (QED) is 0.386. The van der Waals surface area contributed by atoms with Crippen molar-refractivity contribution in [2.45, 2.75) is 45.6 Å². The molecule has 3 aromatic rings. The molecule has 6 nitrogen and oxygen atoms in total. The summed E-state index contributed by atoms with van der Waals surface area (Å²) in [5.41, 5.74) is 12.4. The molecule has 2 heterocycles. The van der Waals surface area contributed by atoms with Crippen LogP contribution in [-0.2, 0) is 11.4 Å². The number of benzene rings is 2. The molecule has 0 saturated heterocycles. The summed E-state index contributed by atoms with van der Waals surface area (Å²) in [4.78, 5) is 19.4. The lowest BCUT2D eigenvalue weighted by molar-refractivity contribution is -0.116. The monoisotopic (exact) mass is 528 g/mol. The number of ether oxygens (including phenoxy) is 1. The first-order chi connectivity index (χ1) is 18.3. The SMILES string of the molecule is Cc1cc(COc2ccc(F)cc2)c(C)c(C2C(C#N)=C(N)N(c3cccnc3Cl)C3=C2C(=O)CCC3)c1. The van der Waals surface area contributed by atoms with Crippen molar-refractivity contribution >= 4 is 23.1 Å². The molecule has 192 valence electrons. The summed E-state index contributed by atoms with van der Waals surface area (Å²) in [6.45, 7) is 4.17. The summed E-state index contributed by atoms with van der Waals surface area (Å²) >= 11 is 6.44. The Labute approximate surface area is 225 Å². The fourth-order valence-corrected chi connectivity index (χ4v) is 5.53. The second-order valence-electron chi connectivity index (χ2n) is 9.51. The predicted molar refractivity (Wildman–Crippen MR) is 144 cm³/mol. The van der Waals surface area contributed by atoms with Gasteiger partial charge in [0, 0.05) is 23.9 Å². The first kappa shape index (κ1) is 25.5. The molecule has 0 fully saturated rings. The molecule has 2 aromatic carbocycles. The second-order valence-corrected chi connectivity index (χ2v) is 9.87. The number of aromatic nitrogens is 1. The Balaban J connectivity index is 1.64. The summed E-state index contributed by atoms with van der Waals surface area (Å²) < 4.78 is 19.2. The topological polar surface area (TPSA) is 92.2 Å². The highest BCUT2D eigenvalue weighted by atomic mass is 35.5. The number of carbonyl (C=O) groups excluding carboxylic acids is 1. The van der Waals surface area contributed by atoms with E-state index in [4.69, 9.17) is 22.1 Å². The third-order valence-corrected chi connectivity index (χ3v) is 7.40. The number of halogens is 2. The van der Waals surface area contributed by atoms with E-state index in [0.29, 0.717) is 36.3 Å². The molecule has 1 aliphatic heterocycles. The summed E-state index contributed by atoms with van der Waals surface area (Å²) in [5, 5.41) is 10.6. The van der Waals surface area contributed by atoms with Crippen molar-refractivity contribution in [3.8, 4) is 11.8 Å². The normalized spacial score (nSPS) is 17.4. The Morgan fingerprint density at radius 3 is 2.68 bits per heavy atom. The number of hydrogen-bond donors (Lipinski definition) is 1. The summed E-state index contributed by atoms with van der Waals surface area (Å²) in [7, 11) is 0. The van der Waals surface area contributed by atoms with E-state index in [2.05, 4.69) is 11.1 Å². The van der Waals surface area contributed by atoms with Crippen LogP contribution >= 0.6 is 11.6 Å². The molecular weight excluding hydrogens is 503 g/mol. The van der Waals surface area contributed by atoms with E-state index in [-0.39, 0.29) is 34.8 Å². The van der Waals surface area contributed by atoms with E-state index in [0.717, 1.165) is 28.0 Å². The van der Waals surface area contributed by atoms with Crippen molar-refractivity contribution in [1.29, 1.82) is 5.26 Å². The molecule has 2 N–H and O–H groups in total. The minimum absolute atomic E-state index is 0.00784. The van der Waals surface area contributed by atoms with Crippen molar-refractivity contribution in [2.75, 3.05) is 4.90 Å². The number of anilines is 1. The number of allylic oxidation sites excluding steroid dienone is 3. The van der Waals surface area contributed by atoms with Gasteiger partial charge in [-0.05, 0) is 79.8 Å². The van der Waals surface area contributed by atoms with Crippen LogP contribution in [0, 0.1) is 31.0 Å². The van der Waals surface area contributed by atoms with Crippen molar-refractivity contribution < 1.29 is 13.9 Å². The smallest absolute Gasteiger partial charge is 0.161 e. The predicted octanol–water partition coefficient (Wildman–Crippen LogP) is 6.37. The molecule has 0 amide bonds. The van der Waals surface area contributed by atoms with Crippen LogP contribution in [0.3, 0.4) is 0 Å². The number of ketones is 1. The van der Waals surface area contributed by atoms with Gasteiger partial charge in [0.25, 0.3) is 0 Å². The number of Topliss-reactive ketones (excluding diaryl/α,β-unsaturated/α-hetero) is 1. The Morgan fingerprint density at radius 2 is 1.97 bits per heavy atom. The molecule has 1 aromatic heterocycles. The molecule has 0 radical (unpaired) electrons. The number of carbonyl (C=O) groups is 1. The molecule has 38 heavy (non-hydrogen) atoms. The van der Waals surface area contributed by atoms with Crippen LogP contribution in [0.15, 0.2) is 77.4 Å². The number of nitrogens with two attached hydrogens (primary N) is 1. The maximum atomic E-state index is 13.5. The van der Waals surface area contributed by atoms with Crippen LogP contribution in [0.4, 0.5) is 10.1 Å². The van der Waals surface area contributed by atoms with Gasteiger partial charge in [0.05, 0.1) is 23.2 Å². The maximum absolute atomic E-state index is 13.5. The van der Waals surface area contributed by atoms with Gasteiger partial charge in [-0.2, -0.15) is 5.26 Å². The number of aryl methyl sites for hydroxylation is 1. The van der Waals surface area contributed by atoms with Crippen LogP contribution in [0.2, 0.25) is 5.15 Å². The highest BCUT2D eigenvalue weighted by Gasteiger charge is 2.41. The lowest BCUT2D eigenvalue weighted by Crippen LogP contribution is -2.39. The largest absolute Gasteiger partial charge is 0.489 e. The molecule has 0 spiro atoms. The van der Waals surface area contributed by atoms with E-state index in [1.54, 1.807) is 35.4 Å². The van der Waals surface area contributed by atoms with Gasteiger partial charge >= 0.3 is 0 Å². The highest BCUT2D eigenvalue weighted by Crippen LogP contribution is 2.48. The highest BCUT2D eigenvalue weighted by molar-refractivity contribution is 6.32. The van der Waals surface area contributed by atoms with E-state index < -0.39 is 5.92 Å². The van der Waals surface area contributed by atoms with Crippen molar-refractivity contribution in [3.63, 3.8) is 0 Å². The number of rotatable bonds is 5. The van der Waals surface area contributed by atoms with Crippen LogP contribution in [-0.4, -0.2) is 10.8 Å². The third kappa shape index (κ3) is 4.52. The van der Waals surface area contributed by atoms with Gasteiger partial charge in [0.2, 0.25) is 0 Å². The fourth-order valence-electron chi connectivity index (χ4n) is 5.32. The molecule has 5 rings (SSSR count). The van der Waals surface area contributed by atoms with Crippen LogP contribution in [0.25, 0.3) is 0 Å². The van der Waals surface area contributed by atoms with Crippen LogP contribution in [0.5, 0.6) is 5.75 Å². The lowest BCUT2D eigenvalue weighted by Gasteiger charge is -2.40. The van der Waals surface area contributed by atoms with E-state index in [9.17, 15) is 14.4 Å². The molecule has 0 bridgehead atoms. The summed E-state index contributed by atoms with van der Waals surface area (Å²) in [6.07, 6.45) is 3.27. The van der Waals surface area contributed by atoms with Gasteiger partial charge in [0.1, 0.15) is 24.0 Å². The van der Waals surface area contributed by atoms with E-state index in [1.807, 2.05) is 26.0 Å². The van der Waals surface area contributed by atoms with Crippen LogP contribution < -0.4 is 15.4 Å². The van der Waals surface area contributed by atoms with Gasteiger partial charge in [-0.25, -0.2) is 9.37 Å². The Morgan fingerprint density at radius 1 is 1.21 bits per heavy atom. The molecule has 1 aliphatic carbocycles. The number of nitrogens with zero attached hydrogens (tertiary/aromatic N) is 3. The summed E-state index contributed by atoms with van der Waals surface area (Å²) in [6, 6.07) is 15.7. The van der Waals surface area contributed by atoms with Crippen molar-refractivity contribution in [2.24, 2.45) is 5.73 Å². The molecular formula is C30H26ClFN4O2. The van der Waals surface area contributed by atoms with Gasteiger partial charge in [0.15, 0.2) is 10.9 Å². The Hall–Kier alpha value is -4.15. The molecule has 2 aliphatic rings. The first-order valence-corrected chi connectivity index (χ1v) is 12.7. The third-order valence-electron chi connectivity index (χ3n) is 7.11. The zero-order valence-corrected chi connectivity index (χ0v) is 21.8. The van der Waals surface area contributed by atoms with E-state index >= 15 is 0 Å². The fraction of sp³-hybridized carbons (Fsp3) is 0.233. The zero-order chi connectivity index (χ0) is 27.0.